The third kappa shape index (κ3) is 4.40. The zero-order valence-corrected chi connectivity index (χ0v) is 11.7. The number of hydrogen-bond acceptors (Lipinski definition) is 4. The van der Waals surface area contributed by atoms with Gasteiger partial charge < -0.3 is 9.47 Å². The van der Waals surface area contributed by atoms with Crippen molar-refractivity contribution < 1.29 is 27.4 Å². The number of carbonyl (C=O) groups excluding carboxylic acids is 1. The molecule has 0 fully saturated rings. The topological polar surface area (TPSA) is 48.4 Å². The molecule has 4 nitrogen and oxygen atoms in total. The zero-order chi connectivity index (χ0) is 15.5. The van der Waals surface area contributed by atoms with Crippen molar-refractivity contribution in [2.45, 2.75) is 45.8 Å². The normalized spacial score (nSPS) is 12.9. The fourth-order valence-corrected chi connectivity index (χ4v) is 1.31. The molecule has 1 aromatic heterocycles. The Hall–Kier alpha value is -1.79. The third-order valence-corrected chi connectivity index (χ3v) is 2.15. The SMILES string of the molecule is CC[C@@H](Oc1nc(F)c(F)cc1F)C(=O)OC(C)(C)C. The van der Waals surface area contributed by atoms with Crippen LogP contribution in [0.5, 0.6) is 5.88 Å². The second kappa shape index (κ2) is 6.11. The molecule has 0 N–H and O–H groups in total. The Balaban J connectivity index is 2.89. The molecule has 0 aliphatic carbocycles. The minimum absolute atomic E-state index is 0.162. The molecule has 112 valence electrons. The summed E-state index contributed by atoms with van der Waals surface area (Å²) in [5, 5.41) is 0. The van der Waals surface area contributed by atoms with E-state index in [1.807, 2.05) is 0 Å². The van der Waals surface area contributed by atoms with Gasteiger partial charge in [0.05, 0.1) is 0 Å². The van der Waals surface area contributed by atoms with E-state index in [0.717, 1.165) is 0 Å². The van der Waals surface area contributed by atoms with E-state index < -0.39 is 41.1 Å². The van der Waals surface area contributed by atoms with Crippen LogP contribution in [0, 0.1) is 17.6 Å². The van der Waals surface area contributed by atoms with Crippen LogP contribution in [0.25, 0.3) is 0 Å². The maximum atomic E-state index is 13.4. The Bertz CT molecular complexity index is 500. The van der Waals surface area contributed by atoms with E-state index in [9.17, 15) is 18.0 Å². The number of aromatic nitrogens is 1. The fourth-order valence-electron chi connectivity index (χ4n) is 1.31. The number of nitrogens with zero attached hydrogens (tertiary/aromatic N) is 1. The maximum Gasteiger partial charge on any atom is 0.347 e. The number of pyridine rings is 1. The quantitative estimate of drug-likeness (QED) is 0.632. The van der Waals surface area contributed by atoms with Gasteiger partial charge in [-0.05, 0) is 27.2 Å². The third-order valence-electron chi connectivity index (χ3n) is 2.15. The van der Waals surface area contributed by atoms with Gasteiger partial charge in [0.25, 0.3) is 11.8 Å². The highest BCUT2D eigenvalue weighted by Crippen LogP contribution is 2.20. The molecular formula is C13H16F3NO3. The first kappa shape index (κ1) is 16.3. The minimum Gasteiger partial charge on any atom is -0.460 e. The molecule has 0 saturated carbocycles. The van der Waals surface area contributed by atoms with Gasteiger partial charge in [0, 0.05) is 6.07 Å². The van der Waals surface area contributed by atoms with E-state index in [1.165, 1.54) is 0 Å². The van der Waals surface area contributed by atoms with Crippen LogP contribution in [0.3, 0.4) is 0 Å². The lowest BCUT2D eigenvalue weighted by molar-refractivity contribution is -0.163. The second-order valence-corrected chi connectivity index (χ2v) is 5.10. The number of carbonyl (C=O) groups is 1. The minimum atomic E-state index is -1.50. The molecule has 1 aromatic rings. The van der Waals surface area contributed by atoms with E-state index in [1.54, 1.807) is 27.7 Å². The summed E-state index contributed by atoms with van der Waals surface area (Å²) in [6, 6.07) is 0.305. The van der Waals surface area contributed by atoms with Crippen molar-refractivity contribution in [1.29, 1.82) is 0 Å². The molecule has 20 heavy (non-hydrogen) atoms. The standard InChI is InChI=1S/C13H16F3NO3/c1-5-9(12(18)20-13(2,3)4)19-11-8(15)6-7(14)10(16)17-11/h6,9H,5H2,1-4H3/t9-/m1/s1. The van der Waals surface area contributed by atoms with Crippen LogP contribution < -0.4 is 4.74 Å². The Kier molecular flexibility index (Phi) is 4.97. The lowest BCUT2D eigenvalue weighted by atomic mass is 10.2. The molecular weight excluding hydrogens is 275 g/mol. The summed E-state index contributed by atoms with van der Waals surface area (Å²) in [4.78, 5) is 14.8. The van der Waals surface area contributed by atoms with Gasteiger partial charge in [0.15, 0.2) is 17.7 Å². The summed E-state index contributed by atoms with van der Waals surface area (Å²) in [5.41, 5.74) is -0.742. The molecule has 0 radical (unpaired) electrons. The van der Waals surface area contributed by atoms with Crippen LogP contribution in [0.4, 0.5) is 13.2 Å². The molecule has 0 aliphatic rings. The van der Waals surface area contributed by atoms with Crippen LogP contribution in [0.2, 0.25) is 0 Å². The van der Waals surface area contributed by atoms with Gasteiger partial charge in [-0.15, -0.1) is 0 Å². The monoisotopic (exact) mass is 291 g/mol. The summed E-state index contributed by atoms with van der Waals surface area (Å²) in [6.45, 7) is 6.59. The van der Waals surface area contributed by atoms with Crippen LogP contribution in [-0.2, 0) is 9.53 Å². The van der Waals surface area contributed by atoms with Gasteiger partial charge in [0.2, 0.25) is 0 Å². The van der Waals surface area contributed by atoms with Crippen molar-refractivity contribution >= 4 is 5.97 Å². The fraction of sp³-hybridized carbons (Fsp3) is 0.538. The van der Waals surface area contributed by atoms with E-state index in [4.69, 9.17) is 9.47 Å². The largest absolute Gasteiger partial charge is 0.460 e. The van der Waals surface area contributed by atoms with Gasteiger partial charge in [-0.1, -0.05) is 6.92 Å². The molecule has 0 bridgehead atoms. The van der Waals surface area contributed by atoms with Crippen molar-refractivity contribution in [3.05, 3.63) is 23.6 Å². The van der Waals surface area contributed by atoms with Crippen molar-refractivity contribution in [2.75, 3.05) is 0 Å². The van der Waals surface area contributed by atoms with Crippen LogP contribution >= 0.6 is 0 Å². The van der Waals surface area contributed by atoms with E-state index in [2.05, 4.69) is 4.98 Å². The summed E-state index contributed by atoms with van der Waals surface area (Å²) >= 11 is 0. The Morgan fingerprint density at radius 3 is 2.40 bits per heavy atom. The van der Waals surface area contributed by atoms with Crippen LogP contribution in [0.1, 0.15) is 34.1 Å². The first-order valence-corrected chi connectivity index (χ1v) is 6.05. The highest BCUT2D eigenvalue weighted by Gasteiger charge is 2.27. The van der Waals surface area contributed by atoms with E-state index in [0.29, 0.717) is 6.07 Å². The Labute approximate surface area is 114 Å². The molecule has 0 saturated heterocycles. The van der Waals surface area contributed by atoms with Crippen LogP contribution in [0.15, 0.2) is 6.07 Å². The molecule has 1 heterocycles. The molecule has 0 aromatic carbocycles. The summed E-state index contributed by atoms with van der Waals surface area (Å²) in [5.74, 6) is -5.63. The molecule has 0 spiro atoms. The Morgan fingerprint density at radius 2 is 1.90 bits per heavy atom. The second-order valence-electron chi connectivity index (χ2n) is 5.10. The lowest BCUT2D eigenvalue weighted by Gasteiger charge is -2.23. The molecule has 1 atom stereocenters. The summed E-state index contributed by atoms with van der Waals surface area (Å²) < 4.78 is 49.1. The van der Waals surface area contributed by atoms with Gasteiger partial charge in [-0.3, -0.25) is 0 Å². The molecule has 1 rings (SSSR count). The van der Waals surface area contributed by atoms with Crippen molar-refractivity contribution in [1.82, 2.24) is 4.98 Å². The van der Waals surface area contributed by atoms with E-state index >= 15 is 0 Å². The van der Waals surface area contributed by atoms with Gasteiger partial charge in [0.1, 0.15) is 5.60 Å². The summed E-state index contributed by atoms with van der Waals surface area (Å²) in [6.07, 6.45) is -0.990. The predicted octanol–water partition coefficient (Wildman–Crippen LogP) is 3.00. The van der Waals surface area contributed by atoms with Gasteiger partial charge >= 0.3 is 5.97 Å². The molecule has 0 aliphatic heterocycles. The summed E-state index contributed by atoms with van der Waals surface area (Å²) in [7, 11) is 0. The van der Waals surface area contributed by atoms with Crippen molar-refractivity contribution in [2.24, 2.45) is 0 Å². The highest BCUT2D eigenvalue weighted by molar-refractivity contribution is 5.75. The number of esters is 1. The number of rotatable bonds is 4. The molecule has 0 amide bonds. The highest BCUT2D eigenvalue weighted by atomic mass is 19.2. The van der Waals surface area contributed by atoms with E-state index in [-0.39, 0.29) is 6.42 Å². The van der Waals surface area contributed by atoms with Crippen molar-refractivity contribution in [3.8, 4) is 5.88 Å². The molecule has 0 unspecified atom stereocenters. The first-order valence-electron chi connectivity index (χ1n) is 6.05. The van der Waals surface area contributed by atoms with Gasteiger partial charge in [-0.25, -0.2) is 13.6 Å². The van der Waals surface area contributed by atoms with Crippen molar-refractivity contribution in [3.63, 3.8) is 0 Å². The number of halogens is 3. The number of ether oxygens (including phenoxy) is 2. The van der Waals surface area contributed by atoms with Gasteiger partial charge in [-0.2, -0.15) is 9.37 Å². The average Bonchev–Trinajstić information content (AvgIpc) is 2.29. The zero-order valence-electron chi connectivity index (χ0n) is 11.7. The first-order chi connectivity index (χ1) is 9.14. The molecule has 7 heteroatoms. The smallest absolute Gasteiger partial charge is 0.347 e. The maximum absolute atomic E-state index is 13.4. The predicted molar refractivity (Wildman–Crippen MR) is 64.7 cm³/mol. The lowest BCUT2D eigenvalue weighted by Crippen LogP contribution is -2.35. The number of hydrogen-bond donors (Lipinski definition) is 0. The van der Waals surface area contributed by atoms with Crippen LogP contribution in [-0.4, -0.2) is 22.7 Å². The average molecular weight is 291 g/mol. The Morgan fingerprint density at radius 1 is 1.30 bits per heavy atom.